The molecule has 7 nitrogen and oxygen atoms in total. The summed E-state index contributed by atoms with van der Waals surface area (Å²) < 4.78 is 5.29. The number of aromatic nitrogens is 3. The van der Waals surface area contributed by atoms with Crippen molar-refractivity contribution in [2.24, 2.45) is 0 Å². The molecule has 1 unspecified atom stereocenters. The predicted molar refractivity (Wildman–Crippen MR) is 101 cm³/mol. The van der Waals surface area contributed by atoms with Crippen LogP contribution in [0.2, 0.25) is 0 Å². The monoisotopic (exact) mass is 365 g/mol. The van der Waals surface area contributed by atoms with E-state index in [4.69, 9.17) is 4.52 Å². The Balaban J connectivity index is 1.33. The molecule has 1 saturated heterocycles. The summed E-state index contributed by atoms with van der Waals surface area (Å²) in [4.78, 5) is 23.2. The molecule has 1 N–H and O–H groups in total. The second-order valence-corrected chi connectivity index (χ2v) is 6.94. The van der Waals surface area contributed by atoms with Crippen LogP contribution in [0.15, 0.2) is 41.1 Å². The molecule has 2 amide bonds. The number of aryl methyl sites for hydroxylation is 1. The van der Waals surface area contributed by atoms with Crippen LogP contribution >= 0.6 is 0 Å². The molecule has 0 saturated carbocycles. The van der Waals surface area contributed by atoms with E-state index in [2.05, 4.69) is 38.6 Å². The van der Waals surface area contributed by atoms with Crippen LogP contribution in [-0.4, -0.2) is 45.7 Å². The molecule has 0 radical (unpaired) electrons. The number of nitrogens with zero attached hydrogens (tertiary/aromatic N) is 4. The zero-order valence-corrected chi connectivity index (χ0v) is 15.4. The first-order chi connectivity index (χ1) is 13.2. The molecular weight excluding hydrogens is 342 g/mol. The van der Waals surface area contributed by atoms with Crippen molar-refractivity contribution in [3.05, 3.63) is 53.8 Å². The summed E-state index contributed by atoms with van der Waals surface area (Å²) in [6.45, 7) is 3.76. The van der Waals surface area contributed by atoms with Crippen molar-refractivity contribution in [1.82, 2.24) is 25.3 Å². The zero-order valence-electron chi connectivity index (χ0n) is 15.4. The number of likely N-dealkylation sites (tertiary alicyclic amines) is 1. The first-order valence-electron chi connectivity index (χ1n) is 9.36. The minimum atomic E-state index is -0.0378. The lowest BCUT2D eigenvalue weighted by Crippen LogP contribution is -2.45. The lowest BCUT2D eigenvalue weighted by molar-refractivity contribution is 0.172. The van der Waals surface area contributed by atoms with Gasteiger partial charge in [-0.3, -0.25) is 4.98 Å². The Morgan fingerprint density at radius 3 is 3.07 bits per heavy atom. The van der Waals surface area contributed by atoms with Crippen LogP contribution in [0.25, 0.3) is 10.9 Å². The van der Waals surface area contributed by atoms with E-state index in [1.807, 2.05) is 24.0 Å². The van der Waals surface area contributed by atoms with Gasteiger partial charge in [-0.25, -0.2) is 4.79 Å². The van der Waals surface area contributed by atoms with Gasteiger partial charge in [-0.2, -0.15) is 4.98 Å². The van der Waals surface area contributed by atoms with Crippen LogP contribution in [0.1, 0.15) is 36.0 Å². The highest BCUT2D eigenvalue weighted by Crippen LogP contribution is 2.25. The van der Waals surface area contributed by atoms with Crippen LogP contribution < -0.4 is 5.32 Å². The quantitative estimate of drug-likeness (QED) is 0.768. The van der Waals surface area contributed by atoms with Crippen molar-refractivity contribution >= 4 is 16.9 Å². The first-order valence-corrected chi connectivity index (χ1v) is 9.36. The molecule has 2 aromatic heterocycles. The third-order valence-corrected chi connectivity index (χ3v) is 4.99. The minimum absolute atomic E-state index is 0.0378. The number of carbonyl (C=O) groups excluding carboxylic acids is 1. The van der Waals surface area contributed by atoms with E-state index in [0.29, 0.717) is 24.8 Å². The number of fused-ring (bicyclic) bond motifs is 1. The van der Waals surface area contributed by atoms with E-state index in [9.17, 15) is 4.79 Å². The maximum Gasteiger partial charge on any atom is 0.317 e. The fourth-order valence-corrected chi connectivity index (χ4v) is 3.63. The van der Waals surface area contributed by atoms with Gasteiger partial charge in [-0.05, 0) is 37.8 Å². The molecule has 4 rings (SSSR count). The normalized spacial score (nSPS) is 17.2. The Bertz CT molecular complexity index is 934. The number of rotatable bonds is 4. The lowest BCUT2D eigenvalue weighted by Gasteiger charge is -2.31. The molecule has 3 aromatic rings. The molecule has 0 spiro atoms. The fraction of sp³-hybridized carbons (Fsp3) is 0.400. The van der Waals surface area contributed by atoms with Gasteiger partial charge in [-0.15, -0.1) is 0 Å². The van der Waals surface area contributed by atoms with Crippen LogP contribution in [0.3, 0.4) is 0 Å². The Labute approximate surface area is 157 Å². The molecule has 1 fully saturated rings. The van der Waals surface area contributed by atoms with E-state index in [0.717, 1.165) is 42.3 Å². The Morgan fingerprint density at radius 2 is 2.22 bits per heavy atom. The Hall–Kier alpha value is -2.96. The van der Waals surface area contributed by atoms with E-state index in [1.165, 1.54) is 0 Å². The van der Waals surface area contributed by atoms with Gasteiger partial charge in [0.2, 0.25) is 5.89 Å². The molecule has 0 aliphatic carbocycles. The van der Waals surface area contributed by atoms with Gasteiger partial charge in [0.05, 0.1) is 11.4 Å². The molecule has 1 aliphatic heterocycles. The Kier molecular flexibility index (Phi) is 5.00. The third-order valence-electron chi connectivity index (χ3n) is 4.99. The maximum absolute atomic E-state index is 12.6. The molecule has 3 heterocycles. The largest absolute Gasteiger partial charge is 0.339 e. The highest BCUT2D eigenvalue weighted by atomic mass is 16.5. The molecule has 1 aromatic carbocycles. The predicted octanol–water partition coefficient (Wildman–Crippen LogP) is 3.06. The van der Waals surface area contributed by atoms with Gasteiger partial charge in [0.25, 0.3) is 0 Å². The second kappa shape index (κ2) is 7.73. The topological polar surface area (TPSA) is 84.2 Å². The number of pyridine rings is 1. The van der Waals surface area contributed by atoms with Crippen molar-refractivity contribution in [2.75, 3.05) is 19.6 Å². The molecule has 1 atom stereocenters. The van der Waals surface area contributed by atoms with Gasteiger partial charge < -0.3 is 14.7 Å². The van der Waals surface area contributed by atoms with Crippen molar-refractivity contribution in [2.45, 2.75) is 32.1 Å². The van der Waals surface area contributed by atoms with Crippen LogP contribution in [0.4, 0.5) is 4.79 Å². The number of nitrogens with one attached hydrogen (secondary N) is 1. The first kappa shape index (κ1) is 17.5. The number of urea groups is 1. The van der Waals surface area contributed by atoms with Gasteiger partial charge >= 0.3 is 6.03 Å². The van der Waals surface area contributed by atoms with Crippen molar-refractivity contribution in [3.8, 4) is 0 Å². The number of carbonyl (C=O) groups is 1. The number of para-hydroxylation sites is 1. The van der Waals surface area contributed by atoms with Gasteiger partial charge in [-0.1, -0.05) is 29.4 Å². The molecule has 1 aliphatic rings. The lowest BCUT2D eigenvalue weighted by atomic mass is 9.98. The maximum atomic E-state index is 12.6. The molecule has 0 bridgehead atoms. The van der Waals surface area contributed by atoms with Gasteiger partial charge in [0, 0.05) is 31.2 Å². The summed E-state index contributed by atoms with van der Waals surface area (Å²) in [5, 5.41) is 8.01. The van der Waals surface area contributed by atoms with Crippen LogP contribution in [0.5, 0.6) is 0 Å². The number of amides is 2. The smallest absolute Gasteiger partial charge is 0.317 e. The van der Waals surface area contributed by atoms with Gasteiger partial charge in [0.1, 0.15) is 0 Å². The SMILES string of the molecule is Cc1noc(C2CCCN(C(=O)NCCc3cccc4cccnc34)C2)n1. The molecule has 7 heteroatoms. The standard InChI is InChI=1S/C20H23N5O2/c1-14-23-19(27-24-14)17-8-4-12-25(13-17)20(26)22-11-9-16-6-2-5-15-7-3-10-21-18(15)16/h2-3,5-7,10,17H,4,8-9,11-13H2,1H3,(H,22,26). The summed E-state index contributed by atoms with van der Waals surface area (Å²) in [5.41, 5.74) is 2.14. The van der Waals surface area contributed by atoms with Gasteiger partial charge in [0.15, 0.2) is 5.82 Å². The number of benzene rings is 1. The highest BCUT2D eigenvalue weighted by molar-refractivity contribution is 5.81. The average Bonchev–Trinajstić information content (AvgIpc) is 3.14. The molecular formula is C20H23N5O2. The summed E-state index contributed by atoms with van der Waals surface area (Å²) in [5.74, 6) is 1.38. The fourth-order valence-electron chi connectivity index (χ4n) is 3.63. The third kappa shape index (κ3) is 3.92. The second-order valence-electron chi connectivity index (χ2n) is 6.94. The number of hydrogen-bond acceptors (Lipinski definition) is 5. The molecule has 27 heavy (non-hydrogen) atoms. The van der Waals surface area contributed by atoms with E-state index >= 15 is 0 Å². The summed E-state index contributed by atoms with van der Waals surface area (Å²) >= 11 is 0. The van der Waals surface area contributed by atoms with Crippen molar-refractivity contribution < 1.29 is 9.32 Å². The number of piperidine rings is 1. The van der Waals surface area contributed by atoms with E-state index in [-0.39, 0.29) is 11.9 Å². The van der Waals surface area contributed by atoms with Crippen molar-refractivity contribution in [1.29, 1.82) is 0 Å². The Morgan fingerprint density at radius 1 is 1.33 bits per heavy atom. The highest BCUT2D eigenvalue weighted by Gasteiger charge is 2.28. The van der Waals surface area contributed by atoms with Crippen molar-refractivity contribution in [3.63, 3.8) is 0 Å². The minimum Gasteiger partial charge on any atom is -0.339 e. The summed E-state index contributed by atoms with van der Waals surface area (Å²) in [6.07, 6.45) is 4.46. The van der Waals surface area contributed by atoms with E-state index in [1.54, 1.807) is 6.20 Å². The zero-order chi connectivity index (χ0) is 18.6. The summed E-state index contributed by atoms with van der Waals surface area (Å²) in [6, 6.07) is 10.1. The van der Waals surface area contributed by atoms with E-state index < -0.39 is 0 Å². The molecule has 140 valence electrons. The average molecular weight is 365 g/mol. The van der Waals surface area contributed by atoms with Crippen LogP contribution in [-0.2, 0) is 6.42 Å². The number of hydrogen-bond donors (Lipinski definition) is 1. The summed E-state index contributed by atoms with van der Waals surface area (Å²) in [7, 11) is 0. The van der Waals surface area contributed by atoms with Crippen LogP contribution in [0, 0.1) is 6.92 Å².